The molecule has 0 aliphatic rings. The van der Waals surface area contributed by atoms with E-state index < -0.39 is 6.10 Å². The fourth-order valence-electron chi connectivity index (χ4n) is 7.42. The quantitative estimate of drug-likeness (QED) is 0.0262. The number of unbranched alkanes of at least 4 members (excludes halogenated alkanes) is 27. The van der Waals surface area contributed by atoms with Crippen molar-refractivity contribution in [2.45, 2.75) is 271 Å². The minimum absolute atomic E-state index is 0.0823. The summed E-state index contributed by atoms with van der Waals surface area (Å²) in [5, 5.41) is 0. The summed E-state index contributed by atoms with van der Waals surface area (Å²) in [7, 11) is 0. The van der Waals surface area contributed by atoms with E-state index >= 15 is 0 Å². The van der Waals surface area contributed by atoms with Gasteiger partial charge in [0.25, 0.3) is 0 Å². The normalized spacial score (nSPS) is 12.5. The van der Waals surface area contributed by atoms with Crippen LogP contribution < -0.4 is 0 Å². The molecule has 0 radical (unpaired) electrons. The molecule has 0 bridgehead atoms. The standard InChI is InChI=1S/C57H100O6/c1-4-7-10-13-16-18-20-22-24-26-27-28-29-30-31-32-34-35-37-39-41-44-47-50-56(59)62-53-54(52-61-55(58)49-46-43-15-12-9-6-3)63-57(60)51-48-45-42-40-38-36-33-25-23-21-19-17-14-11-8-5-2/h19-22,25-27,29-30,33,54H,4-18,23-24,28,31-32,34-53H2,1-3H3/b21-19-,22-20-,27-26-,30-29-,33-25-. The van der Waals surface area contributed by atoms with Crippen LogP contribution >= 0.6 is 0 Å². The Hall–Kier alpha value is -2.89. The van der Waals surface area contributed by atoms with Gasteiger partial charge in [-0.2, -0.15) is 0 Å². The second kappa shape index (κ2) is 51.7. The second-order valence-corrected chi connectivity index (χ2v) is 17.8. The third kappa shape index (κ3) is 50.0. The number of hydrogen-bond donors (Lipinski definition) is 0. The highest BCUT2D eigenvalue weighted by atomic mass is 16.6. The van der Waals surface area contributed by atoms with Crippen LogP contribution in [0.1, 0.15) is 265 Å². The van der Waals surface area contributed by atoms with Gasteiger partial charge in [0.1, 0.15) is 13.2 Å². The van der Waals surface area contributed by atoms with Crippen molar-refractivity contribution in [1.29, 1.82) is 0 Å². The van der Waals surface area contributed by atoms with E-state index in [4.69, 9.17) is 14.2 Å². The Bertz CT molecular complexity index is 1150. The van der Waals surface area contributed by atoms with Crippen molar-refractivity contribution in [2.24, 2.45) is 0 Å². The van der Waals surface area contributed by atoms with Crippen LogP contribution in [-0.2, 0) is 28.6 Å². The molecular formula is C57H100O6. The summed E-state index contributed by atoms with van der Waals surface area (Å²) in [4.78, 5) is 37.8. The highest BCUT2D eigenvalue weighted by Crippen LogP contribution is 2.14. The van der Waals surface area contributed by atoms with Gasteiger partial charge in [-0.25, -0.2) is 0 Å². The molecule has 0 aliphatic carbocycles. The van der Waals surface area contributed by atoms with Gasteiger partial charge >= 0.3 is 17.9 Å². The van der Waals surface area contributed by atoms with E-state index in [0.717, 1.165) is 103 Å². The Morgan fingerprint density at radius 1 is 0.317 bits per heavy atom. The fraction of sp³-hybridized carbons (Fsp3) is 0.772. The molecule has 63 heavy (non-hydrogen) atoms. The molecule has 0 saturated heterocycles. The van der Waals surface area contributed by atoms with Crippen molar-refractivity contribution in [3.8, 4) is 0 Å². The lowest BCUT2D eigenvalue weighted by molar-refractivity contribution is -0.167. The predicted octanol–water partition coefficient (Wildman–Crippen LogP) is 17.6. The predicted molar refractivity (Wildman–Crippen MR) is 270 cm³/mol. The number of esters is 3. The van der Waals surface area contributed by atoms with Crippen LogP contribution in [0.2, 0.25) is 0 Å². The largest absolute Gasteiger partial charge is 0.462 e. The fourth-order valence-corrected chi connectivity index (χ4v) is 7.42. The minimum atomic E-state index is -0.781. The lowest BCUT2D eigenvalue weighted by atomic mass is 10.1. The molecule has 0 aromatic heterocycles. The molecule has 1 atom stereocenters. The van der Waals surface area contributed by atoms with Crippen LogP contribution in [0.3, 0.4) is 0 Å². The maximum absolute atomic E-state index is 12.7. The number of allylic oxidation sites excluding steroid dienone is 10. The van der Waals surface area contributed by atoms with Gasteiger partial charge in [0.2, 0.25) is 0 Å². The first-order chi connectivity index (χ1) is 31.0. The summed E-state index contributed by atoms with van der Waals surface area (Å²) in [6.07, 6.45) is 63.7. The monoisotopic (exact) mass is 881 g/mol. The molecule has 0 amide bonds. The van der Waals surface area contributed by atoms with Gasteiger partial charge < -0.3 is 14.2 Å². The van der Waals surface area contributed by atoms with Crippen LogP contribution in [-0.4, -0.2) is 37.2 Å². The summed E-state index contributed by atoms with van der Waals surface area (Å²) in [6, 6.07) is 0. The number of hydrogen-bond acceptors (Lipinski definition) is 6. The number of carbonyl (C=O) groups is 3. The average Bonchev–Trinajstić information content (AvgIpc) is 3.28. The lowest BCUT2D eigenvalue weighted by Gasteiger charge is -2.18. The molecule has 0 aromatic rings. The molecular weight excluding hydrogens is 781 g/mol. The Morgan fingerprint density at radius 3 is 0.905 bits per heavy atom. The minimum Gasteiger partial charge on any atom is -0.462 e. The second-order valence-electron chi connectivity index (χ2n) is 17.8. The summed E-state index contributed by atoms with van der Waals surface area (Å²) >= 11 is 0. The first-order valence-corrected chi connectivity index (χ1v) is 26.8. The molecule has 6 heteroatoms. The SMILES string of the molecule is CCCCCC/C=C\C/C=C\CCCCCCCC(=O)OC(COC(=O)CCCCCCCC)COC(=O)CCCCCCCCCC/C=C\C/C=C\C/C=C\CCCCCCC. The Kier molecular flexibility index (Phi) is 49.4. The summed E-state index contributed by atoms with van der Waals surface area (Å²) in [5.41, 5.74) is 0. The zero-order chi connectivity index (χ0) is 45.8. The lowest BCUT2D eigenvalue weighted by Crippen LogP contribution is -2.30. The molecule has 6 nitrogen and oxygen atoms in total. The first-order valence-electron chi connectivity index (χ1n) is 26.8. The van der Waals surface area contributed by atoms with E-state index in [-0.39, 0.29) is 31.1 Å². The van der Waals surface area contributed by atoms with E-state index in [1.165, 1.54) is 122 Å². The highest BCUT2D eigenvalue weighted by Gasteiger charge is 2.19. The van der Waals surface area contributed by atoms with Crippen LogP contribution in [0, 0.1) is 0 Å². The zero-order valence-corrected chi connectivity index (χ0v) is 41.6. The molecule has 0 saturated carbocycles. The van der Waals surface area contributed by atoms with E-state index in [9.17, 15) is 14.4 Å². The molecule has 364 valence electrons. The Labute approximate surface area is 390 Å². The number of carbonyl (C=O) groups excluding carboxylic acids is 3. The topological polar surface area (TPSA) is 78.9 Å². The van der Waals surface area contributed by atoms with Gasteiger partial charge in [-0.05, 0) is 89.9 Å². The summed E-state index contributed by atoms with van der Waals surface area (Å²) < 4.78 is 16.7. The maximum Gasteiger partial charge on any atom is 0.306 e. The van der Waals surface area contributed by atoms with Gasteiger partial charge in [-0.1, -0.05) is 216 Å². The van der Waals surface area contributed by atoms with Gasteiger partial charge in [0, 0.05) is 19.3 Å². The van der Waals surface area contributed by atoms with E-state index in [1.54, 1.807) is 0 Å². The molecule has 0 aliphatic heterocycles. The first kappa shape index (κ1) is 60.1. The van der Waals surface area contributed by atoms with Crippen LogP contribution in [0.5, 0.6) is 0 Å². The smallest absolute Gasteiger partial charge is 0.306 e. The highest BCUT2D eigenvalue weighted by molar-refractivity contribution is 5.71. The zero-order valence-electron chi connectivity index (χ0n) is 41.6. The molecule has 0 heterocycles. The molecule has 1 unspecified atom stereocenters. The number of rotatable bonds is 48. The van der Waals surface area contributed by atoms with Crippen molar-refractivity contribution < 1.29 is 28.6 Å². The van der Waals surface area contributed by atoms with Gasteiger partial charge in [-0.15, -0.1) is 0 Å². The van der Waals surface area contributed by atoms with Crippen molar-refractivity contribution in [3.63, 3.8) is 0 Å². The summed E-state index contributed by atoms with van der Waals surface area (Å²) in [6.45, 7) is 6.54. The van der Waals surface area contributed by atoms with Crippen LogP contribution in [0.15, 0.2) is 60.8 Å². The van der Waals surface area contributed by atoms with Crippen LogP contribution in [0.25, 0.3) is 0 Å². The van der Waals surface area contributed by atoms with Gasteiger partial charge in [0.05, 0.1) is 0 Å². The Morgan fingerprint density at radius 2 is 0.571 bits per heavy atom. The van der Waals surface area contributed by atoms with E-state index in [2.05, 4.69) is 81.5 Å². The molecule has 0 fully saturated rings. The van der Waals surface area contributed by atoms with Crippen molar-refractivity contribution in [2.75, 3.05) is 13.2 Å². The van der Waals surface area contributed by atoms with Gasteiger partial charge in [0.15, 0.2) is 6.10 Å². The maximum atomic E-state index is 12.7. The van der Waals surface area contributed by atoms with Crippen molar-refractivity contribution in [3.05, 3.63) is 60.8 Å². The molecule has 0 N–H and O–H groups in total. The third-order valence-corrected chi connectivity index (χ3v) is 11.5. The van der Waals surface area contributed by atoms with Crippen LogP contribution in [0.4, 0.5) is 0 Å². The Balaban J connectivity index is 4.20. The third-order valence-electron chi connectivity index (χ3n) is 11.5. The molecule has 0 spiro atoms. The van der Waals surface area contributed by atoms with E-state index in [0.29, 0.717) is 19.3 Å². The average molecular weight is 881 g/mol. The molecule has 0 aromatic carbocycles. The van der Waals surface area contributed by atoms with Gasteiger partial charge in [-0.3, -0.25) is 14.4 Å². The summed E-state index contributed by atoms with van der Waals surface area (Å²) in [5.74, 6) is -0.909. The van der Waals surface area contributed by atoms with Crippen molar-refractivity contribution in [1.82, 2.24) is 0 Å². The number of ether oxygens (including phenoxy) is 3. The molecule has 0 rings (SSSR count). The van der Waals surface area contributed by atoms with E-state index in [1.807, 2.05) is 0 Å². The van der Waals surface area contributed by atoms with Crippen molar-refractivity contribution >= 4 is 17.9 Å².